The highest BCUT2D eigenvalue weighted by Crippen LogP contribution is 2.16. The predicted molar refractivity (Wildman–Crippen MR) is 68.3 cm³/mol. The van der Waals surface area contributed by atoms with Crippen molar-refractivity contribution in [2.75, 3.05) is 12.3 Å². The second-order valence-electron chi connectivity index (χ2n) is 3.29. The van der Waals surface area contributed by atoms with Crippen LogP contribution in [-0.4, -0.2) is 29.3 Å². The Morgan fingerprint density at radius 2 is 2.18 bits per heavy atom. The number of carboxylic acids is 1. The third-order valence-electron chi connectivity index (χ3n) is 1.83. The normalized spacial score (nSPS) is 9.94. The molecule has 0 spiro atoms. The summed E-state index contributed by atoms with van der Waals surface area (Å²) in [6, 6.07) is 7.40. The lowest BCUT2D eigenvalue weighted by Gasteiger charge is -2.03. The summed E-state index contributed by atoms with van der Waals surface area (Å²) in [7, 11) is 0. The summed E-state index contributed by atoms with van der Waals surface area (Å²) in [5.74, 6) is -0.418. The molecule has 1 rings (SSSR count). The molecule has 2 N–H and O–H groups in total. The van der Waals surface area contributed by atoms with E-state index in [9.17, 15) is 9.59 Å². The predicted octanol–water partition coefficient (Wildman–Crippen LogP) is 1.77. The highest BCUT2D eigenvalue weighted by molar-refractivity contribution is 7.99. The number of amides is 1. The van der Waals surface area contributed by atoms with E-state index in [4.69, 9.17) is 16.7 Å². The topological polar surface area (TPSA) is 66.4 Å². The Hall–Kier alpha value is -1.20. The van der Waals surface area contributed by atoms with Gasteiger partial charge in [-0.15, -0.1) is 11.8 Å². The van der Waals surface area contributed by atoms with Crippen molar-refractivity contribution in [1.82, 2.24) is 5.32 Å². The molecule has 0 atom stereocenters. The van der Waals surface area contributed by atoms with Crippen LogP contribution >= 0.6 is 23.4 Å². The molecule has 0 aromatic heterocycles. The molecule has 1 aromatic carbocycles. The number of aliphatic carboxylic acids is 1. The molecule has 0 radical (unpaired) electrons. The third-order valence-corrected chi connectivity index (χ3v) is 3.07. The van der Waals surface area contributed by atoms with Crippen LogP contribution in [-0.2, 0) is 15.3 Å². The zero-order valence-corrected chi connectivity index (χ0v) is 10.6. The summed E-state index contributed by atoms with van der Waals surface area (Å²) in [6.07, 6.45) is 0. The minimum atomic E-state index is -1.04. The van der Waals surface area contributed by atoms with Crippen LogP contribution in [0.2, 0.25) is 5.02 Å². The van der Waals surface area contributed by atoms with Crippen molar-refractivity contribution in [3.05, 3.63) is 34.9 Å². The molecule has 0 aliphatic rings. The number of carbonyl (C=O) groups excluding carboxylic acids is 1. The third kappa shape index (κ3) is 6.19. The lowest BCUT2D eigenvalue weighted by molar-refractivity contribution is -0.137. The number of hydrogen-bond acceptors (Lipinski definition) is 3. The Balaban J connectivity index is 2.23. The molecule has 0 saturated carbocycles. The van der Waals surface area contributed by atoms with Crippen LogP contribution in [0.4, 0.5) is 0 Å². The first-order chi connectivity index (χ1) is 8.08. The standard InChI is InChI=1S/C11H12ClNO3S/c12-9-3-1-2-8(4-9)6-17-7-10(14)13-5-11(15)16/h1-4H,5-7H2,(H,13,14)(H,15,16). The molecule has 0 heterocycles. The van der Waals surface area contributed by atoms with Crippen molar-refractivity contribution in [2.24, 2.45) is 0 Å². The fourth-order valence-corrected chi connectivity index (χ4v) is 2.13. The zero-order valence-electron chi connectivity index (χ0n) is 8.98. The molecule has 6 heteroatoms. The molecule has 1 aromatic rings. The van der Waals surface area contributed by atoms with Gasteiger partial charge in [0.2, 0.25) is 5.91 Å². The maximum atomic E-state index is 11.2. The maximum absolute atomic E-state index is 11.2. The van der Waals surface area contributed by atoms with E-state index >= 15 is 0 Å². The number of nitrogens with one attached hydrogen (secondary N) is 1. The minimum absolute atomic E-state index is 0.236. The summed E-state index contributed by atoms with van der Waals surface area (Å²) in [6.45, 7) is -0.337. The van der Waals surface area contributed by atoms with Gasteiger partial charge in [-0.05, 0) is 17.7 Å². The number of carbonyl (C=O) groups is 2. The first-order valence-corrected chi connectivity index (χ1v) is 6.42. The molecule has 0 unspecified atom stereocenters. The van der Waals surface area contributed by atoms with E-state index < -0.39 is 5.97 Å². The highest BCUT2D eigenvalue weighted by Gasteiger charge is 2.04. The Kier molecular flexibility index (Phi) is 5.86. The van der Waals surface area contributed by atoms with Crippen molar-refractivity contribution >= 4 is 35.2 Å². The van der Waals surface area contributed by atoms with Crippen LogP contribution in [0.1, 0.15) is 5.56 Å². The van der Waals surface area contributed by atoms with E-state index in [-0.39, 0.29) is 18.2 Å². The summed E-state index contributed by atoms with van der Waals surface area (Å²) in [5.41, 5.74) is 1.04. The summed E-state index contributed by atoms with van der Waals surface area (Å²) in [5, 5.41) is 11.3. The lowest BCUT2D eigenvalue weighted by Crippen LogP contribution is -2.30. The molecule has 0 aliphatic heterocycles. The molecule has 0 bridgehead atoms. The summed E-state index contributed by atoms with van der Waals surface area (Å²) in [4.78, 5) is 21.4. The van der Waals surface area contributed by atoms with Gasteiger partial charge in [-0.1, -0.05) is 23.7 Å². The van der Waals surface area contributed by atoms with Gasteiger partial charge >= 0.3 is 5.97 Å². The maximum Gasteiger partial charge on any atom is 0.322 e. The SMILES string of the molecule is O=C(O)CNC(=O)CSCc1cccc(Cl)c1. The van der Waals surface area contributed by atoms with Crippen LogP contribution in [0.5, 0.6) is 0 Å². The van der Waals surface area contributed by atoms with Gasteiger partial charge in [-0.2, -0.15) is 0 Å². The number of benzene rings is 1. The van der Waals surface area contributed by atoms with E-state index in [2.05, 4.69) is 5.32 Å². The van der Waals surface area contributed by atoms with Crippen molar-refractivity contribution < 1.29 is 14.7 Å². The molecule has 4 nitrogen and oxygen atoms in total. The minimum Gasteiger partial charge on any atom is -0.480 e. The molecular formula is C11H12ClNO3S. The number of thioether (sulfide) groups is 1. The summed E-state index contributed by atoms with van der Waals surface area (Å²) >= 11 is 7.23. The molecule has 0 fully saturated rings. The monoisotopic (exact) mass is 273 g/mol. The van der Waals surface area contributed by atoms with E-state index in [1.165, 1.54) is 11.8 Å². The quantitative estimate of drug-likeness (QED) is 0.829. The Morgan fingerprint density at radius 1 is 1.41 bits per heavy atom. The van der Waals surface area contributed by atoms with Crippen LogP contribution < -0.4 is 5.32 Å². The second kappa shape index (κ2) is 7.19. The summed E-state index contributed by atoms with van der Waals surface area (Å²) < 4.78 is 0. The number of rotatable bonds is 6. The van der Waals surface area contributed by atoms with E-state index in [1.54, 1.807) is 6.07 Å². The Labute approximate surface area is 108 Å². The van der Waals surface area contributed by atoms with Gasteiger partial charge in [0.1, 0.15) is 6.54 Å². The van der Waals surface area contributed by atoms with Crippen LogP contribution in [0, 0.1) is 0 Å². The van der Waals surface area contributed by atoms with Crippen molar-refractivity contribution in [2.45, 2.75) is 5.75 Å². The molecule has 0 saturated heterocycles. The van der Waals surface area contributed by atoms with Gasteiger partial charge in [0.05, 0.1) is 5.75 Å². The zero-order chi connectivity index (χ0) is 12.7. The lowest BCUT2D eigenvalue weighted by atomic mass is 10.2. The molecule has 1 amide bonds. The molecule has 0 aliphatic carbocycles. The number of hydrogen-bond donors (Lipinski definition) is 2. The van der Waals surface area contributed by atoms with Gasteiger partial charge in [0, 0.05) is 10.8 Å². The average molecular weight is 274 g/mol. The fraction of sp³-hybridized carbons (Fsp3) is 0.273. The van der Waals surface area contributed by atoms with Crippen LogP contribution in [0.15, 0.2) is 24.3 Å². The van der Waals surface area contributed by atoms with E-state index in [0.717, 1.165) is 5.56 Å². The highest BCUT2D eigenvalue weighted by atomic mass is 35.5. The van der Waals surface area contributed by atoms with Crippen molar-refractivity contribution in [3.8, 4) is 0 Å². The van der Waals surface area contributed by atoms with E-state index in [0.29, 0.717) is 10.8 Å². The van der Waals surface area contributed by atoms with Gasteiger partial charge in [0.15, 0.2) is 0 Å². The Bertz CT molecular complexity index is 411. The van der Waals surface area contributed by atoms with Gasteiger partial charge in [-0.25, -0.2) is 0 Å². The van der Waals surface area contributed by atoms with Gasteiger partial charge < -0.3 is 10.4 Å². The van der Waals surface area contributed by atoms with E-state index in [1.807, 2.05) is 18.2 Å². The van der Waals surface area contributed by atoms with Crippen molar-refractivity contribution in [1.29, 1.82) is 0 Å². The average Bonchev–Trinajstić information content (AvgIpc) is 2.26. The van der Waals surface area contributed by atoms with Crippen LogP contribution in [0.3, 0.4) is 0 Å². The smallest absolute Gasteiger partial charge is 0.322 e. The fourth-order valence-electron chi connectivity index (χ4n) is 1.11. The molecule has 92 valence electrons. The van der Waals surface area contributed by atoms with Gasteiger partial charge in [0.25, 0.3) is 0 Å². The largest absolute Gasteiger partial charge is 0.480 e. The van der Waals surface area contributed by atoms with Crippen molar-refractivity contribution in [3.63, 3.8) is 0 Å². The van der Waals surface area contributed by atoms with Gasteiger partial charge in [-0.3, -0.25) is 9.59 Å². The second-order valence-corrected chi connectivity index (χ2v) is 4.72. The first kappa shape index (κ1) is 13.9. The Morgan fingerprint density at radius 3 is 2.82 bits per heavy atom. The number of carboxylic acid groups (broad SMARTS) is 1. The van der Waals surface area contributed by atoms with Crippen LogP contribution in [0.25, 0.3) is 0 Å². The molecule has 17 heavy (non-hydrogen) atoms. The molecular weight excluding hydrogens is 262 g/mol. The first-order valence-electron chi connectivity index (χ1n) is 4.88. The number of halogens is 1.